The molecular weight excluding hydrogens is 194 g/mol. The van der Waals surface area contributed by atoms with Gasteiger partial charge in [0.25, 0.3) is 0 Å². The Morgan fingerprint density at radius 3 is 2.21 bits per heavy atom. The Hall–Kier alpha value is 0.250. The molecule has 0 saturated heterocycles. The monoisotopic (exact) mass is 217 g/mol. The van der Waals surface area contributed by atoms with E-state index < -0.39 is 0 Å². The first-order chi connectivity index (χ1) is 6.76. The molecule has 1 aliphatic rings. The van der Waals surface area contributed by atoms with Crippen LogP contribution in [0.1, 0.15) is 52.4 Å². The molecule has 0 radical (unpaired) electrons. The van der Waals surface area contributed by atoms with Crippen LogP contribution in [0.4, 0.5) is 0 Å². The van der Waals surface area contributed by atoms with Crippen molar-refractivity contribution in [3.8, 4) is 0 Å². The smallest absolute Gasteiger partial charge is 0.0292 e. The Morgan fingerprint density at radius 1 is 1.21 bits per heavy atom. The summed E-state index contributed by atoms with van der Waals surface area (Å²) in [5.41, 5.74) is 0.421. The van der Waals surface area contributed by atoms with Gasteiger partial charge in [-0.3, -0.25) is 0 Å². The van der Waals surface area contributed by atoms with Gasteiger partial charge in [-0.1, -0.05) is 26.7 Å². The van der Waals surface area contributed by atoms with E-state index in [-0.39, 0.29) is 0 Å². The highest BCUT2D eigenvalue weighted by atomic mass is 35.5. The lowest BCUT2D eigenvalue weighted by atomic mass is 9.88. The van der Waals surface area contributed by atoms with Crippen molar-refractivity contribution < 1.29 is 0 Å². The molecule has 84 valence electrons. The van der Waals surface area contributed by atoms with E-state index in [1.54, 1.807) is 0 Å². The summed E-state index contributed by atoms with van der Waals surface area (Å²) in [5, 5.41) is 3.67. The molecule has 14 heavy (non-hydrogen) atoms. The molecule has 1 nitrogen and oxygen atoms in total. The van der Waals surface area contributed by atoms with Crippen LogP contribution >= 0.6 is 11.6 Å². The van der Waals surface area contributed by atoms with E-state index in [2.05, 4.69) is 19.2 Å². The molecule has 1 rings (SSSR count). The minimum atomic E-state index is 0.421. The van der Waals surface area contributed by atoms with Crippen LogP contribution in [0.15, 0.2) is 0 Å². The van der Waals surface area contributed by atoms with Crippen molar-refractivity contribution in [1.29, 1.82) is 0 Å². The van der Waals surface area contributed by atoms with Crippen molar-refractivity contribution in [3.05, 3.63) is 0 Å². The van der Waals surface area contributed by atoms with Crippen LogP contribution in [0.5, 0.6) is 0 Å². The molecule has 0 atom stereocenters. The van der Waals surface area contributed by atoms with Gasteiger partial charge in [-0.15, -0.1) is 11.6 Å². The molecule has 1 saturated carbocycles. The molecule has 0 unspecified atom stereocenters. The topological polar surface area (TPSA) is 12.0 Å². The molecule has 0 aromatic rings. The highest BCUT2D eigenvalue weighted by Crippen LogP contribution is 2.38. The molecule has 0 aromatic heterocycles. The minimum absolute atomic E-state index is 0.421. The van der Waals surface area contributed by atoms with Crippen molar-refractivity contribution in [3.63, 3.8) is 0 Å². The molecule has 0 aromatic carbocycles. The standard InChI is InChI=1S/C12H24ClN/c1-3-11(4-2)14-10-12(9-13)7-5-6-8-12/h11,14H,3-10H2,1-2H3. The molecule has 0 amide bonds. The summed E-state index contributed by atoms with van der Waals surface area (Å²) in [6.45, 7) is 5.63. The molecule has 0 aliphatic heterocycles. The zero-order chi connectivity index (χ0) is 10.4. The summed E-state index contributed by atoms with van der Waals surface area (Å²) in [5.74, 6) is 0.833. The maximum absolute atomic E-state index is 6.09. The van der Waals surface area contributed by atoms with Crippen LogP contribution in [0.2, 0.25) is 0 Å². The lowest BCUT2D eigenvalue weighted by Crippen LogP contribution is -2.39. The second kappa shape index (κ2) is 5.97. The number of hydrogen-bond donors (Lipinski definition) is 1. The average Bonchev–Trinajstić information content (AvgIpc) is 2.69. The predicted octanol–water partition coefficient (Wildman–Crippen LogP) is 3.56. The fraction of sp³-hybridized carbons (Fsp3) is 1.00. The zero-order valence-electron chi connectivity index (χ0n) is 9.61. The molecular formula is C12H24ClN. The molecule has 0 heterocycles. The third-order valence-corrected chi connectivity index (χ3v) is 4.27. The summed E-state index contributed by atoms with van der Waals surface area (Å²) in [7, 11) is 0. The van der Waals surface area contributed by atoms with E-state index in [1.807, 2.05) is 0 Å². The van der Waals surface area contributed by atoms with Crippen LogP contribution in [-0.2, 0) is 0 Å². The van der Waals surface area contributed by atoms with E-state index in [0.29, 0.717) is 11.5 Å². The first-order valence-corrected chi connectivity index (χ1v) is 6.59. The molecule has 1 fully saturated rings. The van der Waals surface area contributed by atoms with Crippen molar-refractivity contribution in [2.24, 2.45) is 5.41 Å². The summed E-state index contributed by atoms with van der Waals surface area (Å²) in [6.07, 6.45) is 7.85. The summed E-state index contributed by atoms with van der Waals surface area (Å²) >= 11 is 6.09. The van der Waals surface area contributed by atoms with Crippen molar-refractivity contribution in [2.45, 2.75) is 58.4 Å². The van der Waals surface area contributed by atoms with Gasteiger partial charge < -0.3 is 5.32 Å². The Bertz CT molecular complexity index is 148. The Labute approximate surface area is 93.6 Å². The minimum Gasteiger partial charge on any atom is -0.313 e. The summed E-state index contributed by atoms with van der Waals surface area (Å²) in [6, 6.07) is 0.690. The molecule has 1 aliphatic carbocycles. The van der Waals surface area contributed by atoms with Gasteiger partial charge in [0.1, 0.15) is 0 Å². The van der Waals surface area contributed by atoms with Crippen molar-refractivity contribution in [2.75, 3.05) is 12.4 Å². The van der Waals surface area contributed by atoms with E-state index in [4.69, 9.17) is 11.6 Å². The molecule has 0 bridgehead atoms. The SMILES string of the molecule is CCC(CC)NCC1(CCl)CCCC1. The maximum atomic E-state index is 6.09. The largest absolute Gasteiger partial charge is 0.313 e. The summed E-state index contributed by atoms with van der Waals surface area (Å²) in [4.78, 5) is 0. The van der Waals surface area contributed by atoms with Gasteiger partial charge in [0, 0.05) is 18.5 Å². The van der Waals surface area contributed by atoms with Crippen LogP contribution < -0.4 is 5.32 Å². The van der Waals surface area contributed by atoms with Crippen LogP contribution in [0.3, 0.4) is 0 Å². The maximum Gasteiger partial charge on any atom is 0.0292 e. The fourth-order valence-electron chi connectivity index (χ4n) is 2.42. The average molecular weight is 218 g/mol. The van der Waals surface area contributed by atoms with E-state index in [0.717, 1.165) is 12.4 Å². The van der Waals surface area contributed by atoms with Gasteiger partial charge in [-0.2, -0.15) is 0 Å². The third kappa shape index (κ3) is 3.13. The fourth-order valence-corrected chi connectivity index (χ4v) is 2.78. The van der Waals surface area contributed by atoms with Gasteiger partial charge in [-0.25, -0.2) is 0 Å². The van der Waals surface area contributed by atoms with Gasteiger partial charge in [0.15, 0.2) is 0 Å². The Morgan fingerprint density at radius 2 is 1.79 bits per heavy atom. The normalized spacial score (nSPS) is 20.6. The second-order valence-electron chi connectivity index (χ2n) is 4.74. The van der Waals surface area contributed by atoms with Gasteiger partial charge >= 0.3 is 0 Å². The van der Waals surface area contributed by atoms with Gasteiger partial charge in [-0.05, 0) is 31.1 Å². The lowest BCUT2D eigenvalue weighted by Gasteiger charge is -2.29. The first-order valence-electron chi connectivity index (χ1n) is 6.05. The van der Waals surface area contributed by atoms with Crippen LogP contribution in [-0.4, -0.2) is 18.5 Å². The van der Waals surface area contributed by atoms with Gasteiger partial charge in [0.2, 0.25) is 0 Å². The predicted molar refractivity (Wildman–Crippen MR) is 64.0 cm³/mol. The molecule has 0 spiro atoms. The lowest BCUT2D eigenvalue weighted by molar-refractivity contribution is 0.297. The van der Waals surface area contributed by atoms with E-state index >= 15 is 0 Å². The first kappa shape index (κ1) is 12.3. The number of halogens is 1. The Balaban J connectivity index is 2.33. The van der Waals surface area contributed by atoms with Crippen LogP contribution in [0, 0.1) is 5.41 Å². The van der Waals surface area contributed by atoms with Crippen LogP contribution in [0.25, 0.3) is 0 Å². The molecule has 2 heteroatoms. The number of nitrogens with one attached hydrogen (secondary N) is 1. The van der Waals surface area contributed by atoms with E-state index in [9.17, 15) is 0 Å². The Kier molecular flexibility index (Phi) is 5.25. The highest BCUT2D eigenvalue weighted by Gasteiger charge is 2.32. The zero-order valence-corrected chi connectivity index (χ0v) is 10.4. The number of alkyl halides is 1. The van der Waals surface area contributed by atoms with Crippen molar-refractivity contribution in [1.82, 2.24) is 5.32 Å². The van der Waals surface area contributed by atoms with Crippen molar-refractivity contribution >= 4 is 11.6 Å². The number of rotatable bonds is 6. The molecule has 1 N–H and O–H groups in total. The highest BCUT2D eigenvalue weighted by molar-refractivity contribution is 6.18. The third-order valence-electron chi connectivity index (χ3n) is 3.70. The summed E-state index contributed by atoms with van der Waals surface area (Å²) < 4.78 is 0. The number of hydrogen-bond acceptors (Lipinski definition) is 1. The quantitative estimate of drug-likeness (QED) is 0.671. The van der Waals surface area contributed by atoms with Gasteiger partial charge in [0.05, 0.1) is 0 Å². The second-order valence-corrected chi connectivity index (χ2v) is 5.00. The van der Waals surface area contributed by atoms with E-state index in [1.165, 1.54) is 38.5 Å².